The van der Waals surface area contributed by atoms with Gasteiger partial charge in [-0.05, 0) is 30.9 Å². The summed E-state index contributed by atoms with van der Waals surface area (Å²) in [5.74, 6) is 1.35. The second kappa shape index (κ2) is 3.56. The summed E-state index contributed by atoms with van der Waals surface area (Å²) >= 11 is 0. The van der Waals surface area contributed by atoms with E-state index in [4.69, 9.17) is 0 Å². The lowest BCUT2D eigenvalue weighted by atomic mass is 10.2. The van der Waals surface area contributed by atoms with E-state index in [1.54, 1.807) is 12.3 Å². The highest BCUT2D eigenvalue weighted by molar-refractivity contribution is 5.94. The van der Waals surface area contributed by atoms with Crippen LogP contribution in [0.4, 0.5) is 0 Å². The molecule has 0 radical (unpaired) electrons. The van der Waals surface area contributed by atoms with E-state index in [9.17, 15) is 4.79 Å². The van der Waals surface area contributed by atoms with Gasteiger partial charge in [-0.1, -0.05) is 0 Å². The molecule has 0 bridgehead atoms. The Morgan fingerprint density at radius 2 is 2.25 bits per heavy atom. The molecule has 1 aromatic heterocycles. The first-order valence-corrected chi connectivity index (χ1v) is 5.70. The van der Waals surface area contributed by atoms with Crippen molar-refractivity contribution in [1.82, 2.24) is 15.6 Å². The van der Waals surface area contributed by atoms with E-state index in [-0.39, 0.29) is 5.91 Å². The van der Waals surface area contributed by atoms with Gasteiger partial charge in [-0.15, -0.1) is 0 Å². The number of hydrogen-bond acceptors (Lipinski definition) is 3. The van der Waals surface area contributed by atoms with Gasteiger partial charge >= 0.3 is 0 Å². The molecule has 2 N–H and O–H groups in total. The molecular formula is C12H15N3O. The van der Waals surface area contributed by atoms with Gasteiger partial charge in [0.15, 0.2) is 0 Å². The smallest absolute Gasteiger partial charge is 0.251 e. The zero-order valence-electron chi connectivity index (χ0n) is 9.23. The number of pyridine rings is 1. The molecule has 1 saturated carbocycles. The van der Waals surface area contributed by atoms with Crippen LogP contribution in [0.5, 0.6) is 0 Å². The molecule has 16 heavy (non-hydrogen) atoms. The van der Waals surface area contributed by atoms with Crippen molar-refractivity contribution in [3.63, 3.8) is 0 Å². The van der Waals surface area contributed by atoms with Gasteiger partial charge in [-0.3, -0.25) is 9.78 Å². The summed E-state index contributed by atoms with van der Waals surface area (Å²) in [5, 5.41) is 6.41. The lowest BCUT2D eigenvalue weighted by Gasteiger charge is -2.07. The molecule has 1 aliphatic carbocycles. The summed E-state index contributed by atoms with van der Waals surface area (Å²) < 4.78 is 0. The molecule has 84 valence electrons. The average Bonchev–Trinajstić information content (AvgIpc) is 2.74. The van der Waals surface area contributed by atoms with E-state index in [1.165, 1.54) is 0 Å². The number of nitrogens with one attached hydrogen (secondary N) is 2. The van der Waals surface area contributed by atoms with Gasteiger partial charge in [0.1, 0.15) is 0 Å². The molecule has 0 spiro atoms. The first-order chi connectivity index (χ1) is 7.75. The predicted molar refractivity (Wildman–Crippen MR) is 60.1 cm³/mol. The van der Waals surface area contributed by atoms with Gasteiger partial charge in [0.05, 0.1) is 0 Å². The second-order valence-electron chi connectivity index (χ2n) is 4.67. The van der Waals surface area contributed by atoms with Crippen molar-refractivity contribution in [2.45, 2.75) is 13.0 Å². The third kappa shape index (κ3) is 1.59. The van der Waals surface area contributed by atoms with Gasteiger partial charge in [0, 0.05) is 36.6 Å². The minimum Gasteiger partial charge on any atom is -0.349 e. The summed E-state index contributed by atoms with van der Waals surface area (Å²) in [7, 11) is 0. The lowest BCUT2D eigenvalue weighted by molar-refractivity contribution is 0.0946. The highest BCUT2D eigenvalue weighted by Gasteiger charge is 2.53. The second-order valence-corrected chi connectivity index (χ2v) is 4.67. The molecule has 2 unspecified atom stereocenters. The lowest BCUT2D eigenvalue weighted by Crippen LogP contribution is -2.32. The molecule has 3 rings (SSSR count). The topological polar surface area (TPSA) is 54.0 Å². The van der Waals surface area contributed by atoms with E-state index >= 15 is 0 Å². The number of fused-ring (bicyclic) bond motifs is 1. The van der Waals surface area contributed by atoms with Crippen molar-refractivity contribution in [2.24, 2.45) is 11.8 Å². The SMILES string of the molecule is Cc1cc(C(=O)NC2C3CNCC32)ccn1. The normalized spacial score (nSPS) is 30.9. The fourth-order valence-electron chi connectivity index (χ4n) is 2.55. The Kier molecular flexibility index (Phi) is 2.17. The Balaban J connectivity index is 1.66. The summed E-state index contributed by atoms with van der Waals surface area (Å²) in [5.41, 5.74) is 1.59. The number of piperidine rings is 1. The number of carbonyl (C=O) groups is 1. The maximum Gasteiger partial charge on any atom is 0.251 e. The molecule has 1 saturated heterocycles. The van der Waals surface area contributed by atoms with Crippen LogP contribution in [0.1, 0.15) is 16.1 Å². The third-order valence-corrected chi connectivity index (χ3v) is 3.55. The van der Waals surface area contributed by atoms with Gasteiger partial charge in [0.2, 0.25) is 0 Å². The van der Waals surface area contributed by atoms with Crippen LogP contribution < -0.4 is 10.6 Å². The van der Waals surface area contributed by atoms with Crippen molar-refractivity contribution >= 4 is 5.91 Å². The Labute approximate surface area is 94.5 Å². The van der Waals surface area contributed by atoms with E-state index in [0.717, 1.165) is 18.8 Å². The number of rotatable bonds is 2. The molecule has 4 nitrogen and oxygen atoms in total. The molecule has 1 aromatic rings. The maximum atomic E-state index is 11.9. The van der Waals surface area contributed by atoms with Gasteiger partial charge < -0.3 is 10.6 Å². The zero-order valence-corrected chi connectivity index (χ0v) is 9.23. The fourth-order valence-corrected chi connectivity index (χ4v) is 2.55. The van der Waals surface area contributed by atoms with Gasteiger partial charge in [-0.2, -0.15) is 0 Å². The van der Waals surface area contributed by atoms with Crippen LogP contribution in [-0.2, 0) is 0 Å². The number of nitrogens with zero attached hydrogens (tertiary/aromatic N) is 1. The van der Waals surface area contributed by atoms with E-state index < -0.39 is 0 Å². The molecule has 2 atom stereocenters. The van der Waals surface area contributed by atoms with Crippen molar-refractivity contribution in [3.05, 3.63) is 29.6 Å². The first-order valence-electron chi connectivity index (χ1n) is 5.70. The zero-order chi connectivity index (χ0) is 11.1. The van der Waals surface area contributed by atoms with Crippen LogP contribution in [0.15, 0.2) is 18.3 Å². The summed E-state index contributed by atoms with van der Waals surface area (Å²) in [4.78, 5) is 16.0. The largest absolute Gasteiger partial charge is 0.349 e. The standard InChI is InChI=1S/C12H15N3O/c1-7-4-8(2-3-14-7)12(16)15-11-9-5-13-6-10(9)11/h2-4,9-11,13H,5-6H2,1H3,(H,15,16). The van der Waals surface area contributed by atoms with Crippen molar-refractivity contribution in [1.29, 1.82) is 0 Å². The monoisotopic (exact) mass is 217 g/mol. The Morgan fingerprint density at radius 1 is 1.50 bits per heavy atom. The minimum absolute atomic E-state index is 0.0323. The first kappa shape index (κ1) is 9.78. The van der Waals surface area contributed by atoms with Crippen LogP contribution in [0, 0.1) is 18.8 Å². The quantitative estimate of drug-likeness (QED) is 0.751. The average molecular weight is 217 g/mol. The molecule has 0 aromatic carbocycles. The van der Waals surface area contributed by atoms with Crippen LogP contribution in [0.2, 0.25) is 0 Å². The Hall–Kier alpha value is -1.42. The molecule has 2 aliphatic rings. The highest BCUT2D eigenvalue weighted by Crippen LogP contribution is 2.41. The van der Waals surface area contributed by atoms with E-state index in [0.29, 0.717) is 23.4 Å². The van der Waals surface area contributed by atoms with Gasteiger partial charge in [0.25, 0.3) is 5.91 Å². The predicted octanol–water partition coefficient (Wildman–Crippen LogP) is 0.338. The molecule has 1 amide bonds. The summed E-state index contributed by atoms with van der Waals surface area (Å²) in [6.07, 6.45) is 1.68. The third-order valence-electron chi connectivity index (χ3n) is 3.55. The van der Waals surface area contributed by atoms with Crippen LogP contribution in [0.3, 0.4) is 0 Å². The van der Waals surface area contributed by atoms with E-state index in [1.807, 2.05) is 13.0 Å². The molecular weight excluding hydrogens is 202 g/mol. The van der Waals surface area contributed by atoms with Crippen molar-refractivity contribution < 1.29 is 4.79 Å². The Bertz CT molecular complexity index is 422. The van der Waals surface area contributed by atoms with Crippen LogP contribution in [-0.4, -0.2) is 30.0 Å². The van der Waals surface area contributed by atoms with Crippen molar-refractivity contribution in [3.8, 4) is 0 Å². The summed E-state index contributed by atoms with van der Waals surface area (Å²) in [6.45, 7) is 3.99. The Morgan fingerprint density at radius 3 is 2.94 bits per heavy atom. The molecule has 4 heteroatoms. The number of amides is 1. The number of hydrogen-bond donors (Lipinski definition) is 2. The van der Waals surface area contributed by atoms with Crippen molar-refractivity contribution in [2.75, 3.05) is 13.1 Å². The fraction of sp³-hybridized carbons (Fsp3) is 0.500. The van der Waals surface area contributed by atoms with E-state index in [2.05, 4.69) is 15.6 Å². The van der Waals surface area contributed by atoms with Crippen LogP contribution >= 0.6 is 0 Å². The summed E-state index contributed by atoms with van der Waals surface area (Å²) in [6, 6.07) is 3.98. The number of aromatic nitrogens is 1. The highest BCUT2D eigenvalue weighted by atomic mass is 16.1. The molecule has 2 heterocycles. The number of carbonyl (C=O) groups excluding carboxylic acids is 1. The maximum absolute atomic E-state index is 11.9. The van der Waals surface area contributed by atoms with Crippen LogP contribution in [0.25, 0.3) is 0 Å². The minimum atomic E-state index is 0.0323. The number of aryl methyl sites for hydroxylation is 1. The van der Waals surface area contributed by atoms with Gasteiger partial charge in [-0.25, -0.2) is 0 Å². The molecule has 1 aliphatic heterocycles. The molecule has 2 fully saturated rings.